The topological polar surface area (TPSA) is 49.8 Å². The van der Waals surface area contributed by atoms with Crippen molar-refractivity contribution in [2.75, 3.05) is 10.6 Å². The van der Waals surface area contributed by atoms with Crippen LogP contribution in [0.2, 0.25) is 10.0 Å². The molecule has 24 heavy (non-hydrogen) atoms. The van der Waals surface area contributed by atoms with E-state index in [1.165, 1.54) is 12.1 Å². The van der Waals surface area contributed by atoms with Crippen LogP contribution in [0.4, 0.5) is 27.5 Å². The normalized spacial score (nSPS) is 10.5. The van der Waals surface area contributed by atoms with Gasteiger partial charge in [0.25, 0.3) is 0 Å². The highest BCUT2D eigenvalue weighted by atomic mass is 35.5. The van der Waals surface area contributed by atoms with E-state index in [2.05, 4.69) is 20.6 Å². The van der Waals surface area contributed by atoms with Gasteiger partial charge in [0.1, 0.15) is 11.6 Å². The fourth-order valence-electron chi connectivity index (χ4n) is 2.11. The highest BCUT2D eigenvalue weighted by Gasteiger charge is 2.05. The number of hydrogen-bond acceptors (Lipinski definition) is 4. The molecular formula is C17H13Cl2FN4. The quantitative estimate of drug-likeness (QED) is 0.623. The third-order valence-electron chi connectivity index (χ3n) is 3.13. The Hall–Kier alpha value is -2.37. The van der Waals surface area contributed by atoms with Crippen LogP contribution in [0.5, 0.6) is 0 Å². The number of nitrogens with one attached hydrogen (secondary N) is 2. The SMILES string of the molecule is Cc1cc(Nc2ccc(Cl)c(Cl)c2)nc(Nc2cccc(F)c2)n1. The molecule has 0 saturated carbocycles. The fourth-order valence-corrected chi connectivity index (χ4v) is 2.40. The highest BCUT2D eigenvalue weighted by molar-refractivity contribution is 6.42. The van der Waals surface area contributed by atoms with Crippen molar-refractivity contribution in [2.24, 2.45) is 0 Å². The summed E-state index contributed by atoms with van der Waals surface area (Å²) < 4.78 is 13.3. The molecule has 1 aromatic heterocycles. The van der Waals surface area contributed by atoms with Gasteiger partial charge in [0, 0.05) is 23.1 Å². The van der Waals surface area contributed by atoms with Crippen LogP contribution < -0.4 is 10.6 Å². The van der Waals surface area contributed by atoms with E-state index in [1.54, 1.807) is 36.4 Å². The minimum atomic E-state index is -0.332. The Morgan fingerprint density at radius 3 is 2.42 bits per heavy atom. The number of benzene rings is 2. The first-order chi connectivity index (χ1) is 11.5. The number of aryl methyl sites for hydroxylation is 1. The van der Waals surface area contributed by atoms with E-state index in [9.17, 15) is 4.39 Å². The number of nitrogens with zero attached hydrogens (tertiary/aromatic N) is 2. The molecule has 0 amide bonds. The van der Waals surface area contributed by atoms with Gasteiger partial charge in [-0.15, -0.1) is 0 Å². The van der Waals surface area contributed by atoms with Gasteiger partial charge in [-0.25, -0.2) is 9.37 Å². The van der Waals surface area contributed by atoms with Crippen LogP contribution in [0.3, 0.4) is 0 Å². The Balaban J connectivity index is 1.84. The van der Waals surface area contributed by atoms with Gasteiger partial charge in [-0.3, -0.25) is 0 Å². The van der Waals surface area contributed by atoms with Gasteiger partial charge in [-0.05, 0) is 43.3 Å². The van der Waals surface area contributed by atoms with Crippen molar-refractivity contribution in [2.45, 2.75) is 6.92 Å². The van der Waals surface area contributed by atoms with Crippen molar-refractivity contribution in [3.63, 3.8) is 0 Å². The number of anilines is 4. The van der Waals surface area contributed by atoms with Crippen molar-refractivity contribution >= 4 is 46.3 Å². The fraction of sp³-hybridized carbons (Fsp3) is 0.0588. The Kier molecular flexibility index (Phi) is 4.83. The molecule has 3 rings (SSSR count). The Bertz CT molecular complexity index is 886. The Morgan fingerprint density at radius 1 is 0.875 bits per heavy atom. The molecule has 0 fully saturated rings. The zero-order valence-electron chi connectivity index (χ0n) is 12.6. The van der Waals surface area contributed by atoms with Crippen LogP contribution in [0.15, 0.2) is 48.5 Å². The summed E-state index contributed by atoms with van der Waals surface area (Å²) in [5, 5.41) is 7.06. The second-order valence-electron chi connectivity index (χ2n) is 5.11. The molecule has 0 atom stereocenters. The molecule has 0 spiro atoms. The maximum atomic E-state index is 13.3. The molecule has 2 N–H and O–H groups in total. The summed E-state index contributed by atoms with van der Waals surface area (Å²) in [6.07, 6.45) is 0. The molecule has 3 aromatic rings. The molecule has 1 heterocycles. The highest BCUT2D eigenvalue weighted by Crippen LogP contribution is 2.27. The maximum Gasteiger partial charge on any atom is 0.229 e. The van der Waals surface area contributed by atoms with E-state index >= 15 is 0 Å². The predicted molar refractivity (Wildman–Crippen MR) is 96.2 cm³/mol. The summed E-state index contributed by atoms with van der Waals surface area (Å²) in [5.41, 5.74) is 2.08. The van der Waals surface area contributed by atoms with E-state index in [4.69, 9.17) is 23.2 Å². The van der Waals surface area contributed by atoms with Crippen LogP contribution >= 0.6 is 23.2 Å². The van der Waals surface area contributed by atoms with Crippen LogP contribution in [0, 0.1) is 12.7 Å². The van der Waals surface area contributed by atoms with Gasteiger partial charge >= 0.3 is 0 Å². The standard InChI is InChI=1S/C17H13Cl2FN4/c1-10-7-16(22-13-5-6-14(18)15(19)9-13)24-17(21-10)23-12-4-2-3-11(20)8-12/h2-9H,1H3,(H2,21,22,23,24). The van der Waals surface area contributed by atoms with Crippen molar-refractivity contribution in [1.82, 2.24) is 9.97 Å². The summed E-state index contributed by atoms with van der Waals surface area (Å²) in [6, 6.07) is 13.1. The first-order valence-corrected chi connectivity index (χ1v) is 7.85. The molecule has 0 bridgehead atoms. The van der Waals surface area contributed by atoms with Crippen LogP contribution in [0.1, 0.15) is 5.69 Å². The molecule has 2 aromatic carbocycles. The second-order valence-corrected chi connectivity index (χ2v) is 5.92. The first-order valence-electron chi connectivity index (χ1n) is 7.10. The molecule has 4 nitrogen and oxygen atoms in total. The van der Waals surface area contributed by atoms with Crippen molar-refractivity contribution in [1.29, 1.82) is 0 Å². The van der Waals surface area contributed by atoms with Crippen LogP contribution in [0.25, 0.3) is 0 Å². The smallest absolute Gasteiger partial charge is 0.229 e. The van der Waals surface area contributed by atoms with Crippen molar-refractivity contribution in [3.8, 4) is 0 Å². The molecule has 0 aliphatic carbocycles. The zero-order valence-corrected chi connectivity index (χ0v) is 14.2. The van der Waals surface area contributed by atoms with E-state index < -0.39 is 0 Å². The number of aromatic nitrogens is 2. The van der Waals surface area contributed by atoms with Gasteiger partial charge in [-0.1, -0.05) is 29.3 Å². The third kappa shape index (κ3) is 4.13. The zero-order chi connectivity index (χ0) is 17.1. The Morgan fingerprint density at radius 2 is 1.67 bits per heavy atom. The molecule has 0 unspecified atom stereocenters. The Labute approximate surface area is 148 Å². The maximum absolute atomic E-state index is 13.3. The van der Waals surface area contributed by atoms with E-state index in [0.29, 0.717) is 27.5 Å². The largest absolute Gasteiger partial charge is 0.340 e. The van der Waals surface area contributed by atoms with E-state index in [0.717, 1.165) is 11.4 Å². The van der Waals surface area contributed by atoms with Gasteiger partial charge in [0.2, 0.25) is 5.95 Å². The van der Waals surface area contributed by atoms with Crippen molar-refractivity contribution < 1.29 is 4.39 Å². The van der Waals surface area contributed by atoms with Crippen molar-refractivity contribution in [3.05, 3.63) is 70.1 Å². The first kappa shape index (κ1) is 16.5. The molecule has 0 saturated heterocycles. The van der Waals surface area contributed by atoms with Crippen LogP contribution in [-0.4, -0.2) is 9.97 Å². The molecule has 122 valence electrons. The molecular weight excluding hydrogens is 350 g/mol. The number of rotatable bonds is 4. The average Bonchev–Trinajstić information content (AvgIpc) is 2.50. The lowest BCUT2D eigenvalue weighted by atomic mass is 10.3. The summed E-state index contributed by atoms with van der Waals surface area (Å²) in [7, 11) is 0. The second kappa shape index (κ2) is 7.03. The number of hydrogen-bond donors (Lipinski definition) is 2. The summed E-state index contributed by atoms with van der Waals surface area (Å²) in [6.45, 7) is 1.85. The van der Waals surface area contributed by atoms with Gasteiger partial charge < -0.3 is 10.6 Å². The molecule has 0 radical (unpaired) electrons. The van der Waals surface area contributed by atoms with Crippen LogP contribution in [-0.2, 0) is 0 Å². The average molecular weight is 363 g/mol. The van der Waals surface area contributed by atoms with E-state index in [1.807, 2.05) is 6.92 Å². The van der Waals surface area contributed by atoms with Gasteiger partial charge in [0.15, 0.2) is 0 Å². The molecule has 0 aliphatic heterocycles. The lowest BCUT2D eigenvalue weighted by Crippen LogP contribution is -2.02. The summed E-state index contributed by atoms with van der Waals surface area (Å²) in [4.78, 5) is 8.67. The van der Waals surface area contributed by atoms with Gasteiger partial charge in [0.05, 0.1) is 10.0 Å². The monoisotopic (exact) mass is 362 g/mol. The van der Waals surface area contributed by atoms with E-state index in [-0.39, 0.29) is 5.82 Å². The summed E-state index contributed by atoms with van der Waals surface area (Å²) >= 11 is 11.9. The summed E-state index contributed by atoms with van der Waals surface area (Å²) in [5.74, 6) is 0.616. The lowest BCUT2D eigenvalue weighted by Gasteiger charge is -2.10. The minimum absolute atomic E-state index is 0.332. The molecule has 7 heteroatoms. The lowest BCUT2D eigenvalue weighted by molar-refractivity contribution is 0.628. The third-order valence-corrected chi connectivity index (χ3v) is 3.87. The van der Waals surface area contributed by atoms with Gasteiger partial charge in [-0.2, -0.15) is 4.98 Å². The molecule has 0 aliphatic rings. The number of halogens is 3. The predicted octanol–water partition coefficient (Wildman–Crippen LogP) is 5.72. The minimum Gasteiger partial charge on any atom is -0.340 e.